The highest BCUT2D eigenvalue weighted by molar-refractivity contribution is 5.94. The lowest BCUT2D eigenvalue weighted by Crippen LogP contribution is -2.30. The molecule has 0 aliphatic heterocycles. The van der Waals surface area contributed by atoms with Crippen molar-refractivity contribution < 1.29 is 23.9 Å². The van der Waals surface area contributed by atoms with Crippen molar-refractivity contribution in [2.75, 3.05) is 6.61 Å². The minimum atomic E-state index is -0.919. The lowest BCUT2D eigenvalue weighted by atomic mass is 10.1. The van der Waals surface area contributed by atoms with E-state index >= 15 is 0 Å². The van der Waals surface area contributed by atoms with Gasteiger partial charge in [-0.3, -0.25) is 14.4 Å². The fourth-order valence-electron chi connectivity index (χ4n) is 1.51. The average Bonchev–Trinajstić information content (AvgIpc) is 2.44. The zero-order valence-corrected chi connectivity index (χ0v) is 12.1. The molecule has 1 rings (SSSR count). The summed E-state index contributed by atoms with van der Waals surface area (Å²) in [6, 6.07) is 6.76. The van der Waals surface area contributed by atoms with E-state index in [-0.39, 0.29) is 12.2 Å². The number of esters is 1. The van der Waals surface area contributed by atoms with Crippen molar-refractivity contribution >= 4 is 17.7 Å². The zero-order valence-electron chi connectivity index (χ0n) is 12.1. The second kappa shape index (κ2) is 8.04. The Bertz CT molecular complexity index is 509. The quantitative estimate of drug-likeness (QED) is 0.445. The van der Waals surface area contributed by atoms with E-state index in [0.29, 0.717) is 24.3 Å². The first-order valence-corrected chi connectivity index (χ1v) is 6.62. The molecule has 0 aromatic heterocycles. The molecule has 1 aromatic carbocycles. The van der Waals surface area contributed by atoms with Crippen LogP contribution in [0.3, 0.4) is 0 Å². The summed E-state index contributed by atoms with van der Waals surface area (Å²) in [5, 5.41) is 0. The highest BCUT2D eigenvalue weighted by atomic mass is 16.5. The summed E-state index contributed by atoms with van der Waals surface area (Å²) in [4.78, 5) is 33.2. The summed E-state index contributed by atoms with van der Waals surface area (Å²) in [6.07, 6.45) is -0.320. The predicted octanol–water partition coefficient (Wildman–Crippen LogP) is 1.47. The maximum atomic E-state index is 11.4. The topological polar surface area (TPSA) is 95.7 Å². The van der Waals surface area contributed by atoms with Gasteiger partial charge in [0.15, 0.2) is 11.9 Å². The van der Waals surface area contributed by atoms with E-state index < -0.39 is 18.0 Å². The number of hydrogen-bond acceptors (Lipinski definition) is 5. The van der Waals surface area contributed by atoms with Crippen LogP contribution >= 0.6 is 0 Å². The van der Waals surface area contributed by atoms with Crippen molar-refractivity contribution in [2.45, 2.75) is 32.8 Å². The molecule has 0 saturated heterocycles. The van der Waals surface area contributed by atoms with Crippen molar-refractivity contribution in [2.24, 2.45) is 5.73 Å². The van der Waals surface area contributed by atoms with Crippen LogP contribution in [0.2, 0.25) is 0 Å². The molecule has 0 bridgehead atoms. The number of Topliss-reactive ketones (excluding diaryl/α,β-unsaturated/α-hetero) is 1. The molecule has 114 valence electrons. The van der Waals surface area contributed by atoms with Gasteiger partial charge in [-0.15, -0.1) is 0 Å². The molecule has 0 saturated carbocycles. The van der Waals surface area contributed by atoms with Gasteiger partial charge >= 0.3 is 5.97 Å². The normalized spacial score (nSPS) is 11.5. The Morgan fingerprint density at radius 3 is 2.33 bits per heavy atom. The number of carbonyl (C=O) groups excluding carboxylic acids is 3. The van der Waals surface area contributed by atoms with E-state index in [1.165, 1.54) is 13.8 Å². The molecule has 0 unspecified atom stereocenters. The van der Waals surface area contributed by atoms with Crippen LogP contribution in [-0.2, 0) is 14.3 Å². The van der Waals surface area contributed by atoms with Gasteiger partial charge in [0.1, 0.15) is 5.75 Å². The summed E-state index contributed by atoms with van der Waals surface area (Å²) in [7, 11) is 0. The Morgan fingerprint density at radius 2 is 1.81 bits per heavy atom. The van der Waals surface area contributed by atoms with Gasteiger partial charge in [0.05, 0.1) is 6.61 Å². The Labute approximate surface area is 123 Å². The number of carbonyl (C=O) groups is 3. The van der Waals surface area contributed by atoms with Crippen LogP contribution in [0.5, 0.6) is 5.75 Å². The number of rotatable bonds is 8. The van der Waals surface area contributed by atoms with Crippen molar-refractivity contribution in [3.05, 3.63) is 29.8 Å². The Hall–Kier alpha value is -2.37. The van der Waals surface area contributed by atoms with Gasteiger partial charge in [-0.05, 0) is 44.5 Å². The molecule has 0 aliphatic carbocycles. The summed E-state index contributed by atoms with van der Waals surface area (Å²) >= 11 is 0. The number of benzene rings is 1. The second-order valence-electron chi connectivity index (χ2n) is 4.57. The molecule has 1 aromatic rings. The SMILES string of the molecule is CC(=O)c1ccc(OCCCC(=O)O[C@H](C)C(N)=O)cc1. The minimum absolute atomic E-state index is 0.00661. The Kier molecular flexibility index (Phi) is 6.39. The van der Waals surface area contributed by atoms with E-state index in [0.717, 1.165) is 0 Å². The molecule has 0 spiro atoms. The third-order valence-corrected chi connectivity index (χ3v) is 2.76. The molecule has 6 heteroatoms. The summed E-state index contributed by atoms with van der Waals surface area (Å²) in [5.41, 5.74) is 5.60. The second-order valence-corrected chi connectivity index (χ2v) is 4.57. The number of ketones is 1. The summed E-state index contributed by atoms with van der Waals surface area (Å²) in [6.45, 7) is 3.25. The molecule has 0 aliphatic rings. The summed E-state index contributed by atoms with van der Waals surface area (Å²) < 4.78 is 10.2. The lowest BCUT2D eigenvalue weighted by molar-refractivity contribution is -0.153. The highest BCUT2D eigenvalue weighted by Crippen LogP contribution is 2.13. The first kappa shape index (κ1) is 16.7. The van der Waals surface area contributed by atoms with Crippen LogP contribution in [0.4, 0.5) is 0 Å². The van der Waals surface area contributed by atoms with Crippen LogP contribution in [0.1, 0.15) is 37.0 Å². The molecule has 1 atom stereocenters. The van der Waals surface area contributed by atoms with Crippen LogP contribution in [0.25, 0.3) is 0 Å². The van der Waals surface area contributed by atoms with Gasteiger partial charge in [-0.1, -0.05) is 0 Å². The van der Waals surface area contributed by atoms with Gasteiger partial charge in [0, 0.05) is 12.0 Å². The van der Waals surface area contributed by atoms with E-state index in [1.807, 2.05) is 0 Å². The van der Waals surface area contributed by atoms with E-state index in [9.17, 15) is 14.4 Å². The van der Waals surface area contributed by atoms with Crippen molar-refractivity contribution in [1.82, 2.24) is 0 Å². The molecule has 0 heterocycles. The molecule has 0 radical (unpaired) electrons. The largest absolute Gasteiger partial charge is 0.494 e. The number of nitrogens with two attached hydrogens (primary N) is 1. The molecule has 6 nitrogen and oxygen atoms in total. The van der Waals surface area contributed by atoms with E-state index in [4.69, 9.17) is 15.2 Å². The third-order valence-electron chi connectivity index (χ3n) is 2.76. The molecule has 2 N–H and O–H groups in total. The first-order chi connectivity index (χ1) is 9.90. The predicted molar refractivity (Wildman–Crippen MR) is 75.9 cm³/mol. The van der Waals surface area contributed by atoms with Crippen LogP contribution < -0.4 is 10.5 Å². The monoisotopic (exact) mass is 293 g/mol. The van der Waals surface area contributed by atoms with Crippen LogP contribution in [-0.4, -0.2) is 30.4 Å². The van der Waals surface area contributed by atoms with Crippen LogP contribution in [0.15, 0.2) is 24.3 Å². The van der Waals surface area contributed by atoms with Gasteiger partial charge in [0.25, 0.3) is 5.91 Å². The van der Waals surface area contributed by atoms with Crippen LogP contribution in [0, 0.1) is 0 Å². The third kappa shape index (κ3) is 6.07. The number of ether oxygens (including phenoxy) is 2. The maximum absolute atomic E-state index is 11.4. The maximum Gasteiger partial charge on any atom is 0.306 e. The average molecular weight is 293 g/mol. The molecule has 21 heavy (non-hydrogen) atoms. The van der Waals surface area contributed by atoms with E-state index in [2.05, 4.69) is 0 Å². The van der Waals surface area contributed by atoms with Crippen molar-refractivity contribution in [1.29, 1.82) is 0 Å². The number of amides is 1. The molecular formula is C15H19NO5. The van der Waals surface area contributed by atoms with Crippen molar-refractivity contribution in [3.63, 3.8) is 0 Å². The molecular weight excluding hydrogens is 274 g/mol. The Balaban J connectivity index is 2.26. The zero-order chi connectivity index (χ0) is 15.8. The number of primary amides is 1. The Morgan fingerprint density at radius 1 is 1.19 bits per heavy atom. The number of hydrogen-bond donors (Lipinski definition) is 1. The minimum Gasteiger partial charge on any atom is -0.494 e. The van der Waals surface area contributed by atoms with Gasteiger partial charge in [-0.25, -0.2) is 0 Å². The molecule has 0 fully saturated rings. The summed E-state index contributed by atoms with van der Waals surface area (Å²) in [5.74, 6) is -0.547. The highest BCUT2D eigenvalue weighted by Gasteiger charge is 2.13. The fraction of sp³-hybridized carbons (Fsp3) is 0.400. The molecule has 1 amide bonds. The van der Waals surface area contributed by atoms with Gasteiger partial charge in [0.2, 0.25) is 0 Å². The van der Waals surface area contributed by atoms with E-state index in [1.54, 1.807) is 24.3 Å². The van der Waals surface area contributed by atoms with Crippen molar-refractivity contribution in [3.8, 4) is 5.75 Å². The van der Waals surface area contributed by atoms with Gasteiger partial charge < -0.3 is 15.2 Å². The first-order valence-electron chi connectivity index (χ1n) is 6.62. The standard InChI is InChI=1S/C15H19NO5/c1-10(17)12-5-7-13(8-6-12)20-9-3-4-14(18)21-11(2)15(16)19/h5-8,11H,3-4,9H2,1-2H3,(H2,16,19)/t11-/m1/s1. The van der Waals surface area contributed by atoms with Gasteiger partial charge in [-0.2, -0.15) is 0 Å². The lowest BCUT2D eigenvalue weighted by Gasteiger charge is -2.10. The fourth-order valence-corrected chi connectivity index (χ4v) is 1.51. The smallest absolute Gasteiger partial charge is 0.306 e.